The van der Waals surface area contributed by atoms with Crippen LogP contribution in [0.3, 0.4) is 0 Å². The summed E-state index contributed by atoms with van der Waals surface area (Å²) in [7, 11) is -1.82. The van der Waals surface area contributed by atoms with E-state index in [1.54, 1.807) is 42.5 Å². The Labute approximate surface area is 310 Å². The van der Waals surface area contributed by atoms with Gasteiger partial charge in [-0.1, -0.05) is 63.4 Å². The summed E-state index contributed by atoms with van der Waals surface area (Å²) in [6.07, 6.45) is 2.02. The van der Waals surface area contributed by atoms with Crippen molar-refractivity contribution >= 4 is 75.1 Å². The number of imide groups is 2. The molecule has 2 saturated heterocycles. The highest BCUT2D eigenvalue weighted by Gasteiger charge is 2.70. The van der Waals surface area contributed by atoms with Gasteiger partial charge in [0.05, 0.1) is 34.5 Å². The summed E-state index contributed by atoms with van der Waals surface area (Å²) < 4.78 is 14.4. The number of hydrogen-bond acceptors (Lipinski definition) is 8. The fraction of sp³-hybridized carbons (Fsp3) is 0.211. The van der Waals surface area contributed by atoms with Crippen molar-refractivity contribution in [3.8, 4) is 5.75 Å². The van der Waals surface area contributed by atoms with Crippen LogP contribution in [0.5, 0.6) is 5.75 Å². The zero-order chi connectivity index (χ0) is 36.6. The van der Waals surface area contributed by atoms with Crippen LogP contribution in [-0.2, 0) is 24.6 Å². The molecule has 52 heavy (non-hydrogen) atoms. The van der Waals surface area contributed by atoms with Crippen molar-refractivity contribution in [1.29, 1.82) is 0 Å². The molecule has 4 aliphatic rings. The Kier molecular flexibility index (Phi) is 8.37. The first-order valence-electron chi connectivity index (χ1n) is 16.6. The number of rotatable bonds is 6. The van der Waals surface area contributed by atoms with Gasteiger partial charge in [-0.3, -0.25) is 29.5 Å². The molecule has 0 radical (unpaired) electrons. The van der Waals surface area contributed by atoms with Crippen LogP contribution >= 0.6 is 27.5 Å². The molecule has 6 unspecified atom stereocenters. The van der Waals surface area contributed by atoms with Gasteiger partial charge < -0.3 is 15.2 Å². The van der Waals surface area contributed by atoms with Crippen LogP contribution in [0.25, 0.3) is 0 Å². The third kappa shape index (κ3) is 5.13. The molecule has 8 rings (SSSR count). The van der Waals surface area contributed by atoms with Crippen LogP contribution < -0.4 is 15.8 Å². The van der Waals surface area contributed by atoms with Crippen LogP contribution in [0.15, 0.2) is 107 Å². The Hall–Kier alpha value is -4.82. The van der Waals surface area contributed by atoms with Gasteiger partial charge in [0, 0.05) is 21.0 Å². The number of nitrogens with zero attached hydrogens (tertiary/aromatic N) is 2. The molecule has 0 spiro atoms. The van der Waals surface area contributed by atoms with Crippen LogP contribution in [0.4, 0.5) is 15.8 Å². The van der Waals surface area contributed by atoms with E-state index in [2.05, 4.69) is 21.4 Å². The molecule has 6 atom stereocenters. The number of amides is 4. The predicted molar refractivity (Wildman–Crippen MR) is 194 cm³/mol. The number of phenolic OH excluding ortho intramolecular Hbond substituents is 1. The molecular formula is C38H29BBrClFN3O7. The maximum Gasteiger partial charge on any atom is 0.488 e. The zero-order valence-corrected chi connectivity index (χ0v) is 29.5. The number of fused-ring (bicyclic) bond motifs is 4. The second-order valence-corrected chi connectivity index (χ2v) is 14.9. The number of nitrogens with one attached hydrogen (secondary N) is 1. The number of halogens is 3. The molecule has 4 amide bonds. The number of anilines is 2. The fourth-order valence-electron chi connectivity index (χ4n) is 8.84. The van der Waals surface area contributed by atoms with E-state index in [4.69, 9.17) is 11.6 Å². The lowest BCUT2D eigenvalue weighted by Gasteiger charge is -2.50. The van der Waals surface area contributed by atoms with E-state index in [9.17, 15) is 33.9 Å². The van der Waals surface area contributed by atoms with E-state index >= 15 is 4.79 Å². The molecule has 3 fully saturated rings. The SMILES string of the molecule is O=C1C2CC3C(=CCC4C(=O)N(c5cccc(B(O)O)c5)C(=O)C43)C(c3cc(Br)ccc3O)C2(c2ccc(Cl)cc2)C(=O)N1Nc1ccc(F)cc1. The van der Waals surface area contributed by atoms with Crippen molar-refractivity contribution < 1.29 is 38.7 Å². The summed E-state index contributed by atoms with van der Waals surface area (Å²) in [5, 5.41) is 32.5. The van der Waals surface area contributed by atoms with Crippen molar-refractivity contribution in [1.82, 2.24) is 5.01 Å². The third-order valence-electron chi connectivity index (χ3n) is 11.0. The number of aromatic hydroxyl groups is 1. The molecule has 0 bridgehead atoms. The van der Waals surface area contributed by atoms with Gasteiger partial charge in [0.1, 0.15) is 11.6 Å². The zero-order valence-electron chi connectivity index (χ0n) is 27.1. The van der Waals surface area contributed by atoms with Gasteiger partial charge in [-0.15, -0.1) is 0 Å². The van der Waals surface area contributed by atoms with E-state index in [0.717, 1.165) is 9.91 Å². The molecule has 14 heteroatoms. The number of benzene rings is 4. The molecule has 4 N–H and O–H groups in total. The highest BCUT2D eigenvalue weighted by atomic mass is 79.9. The number of phenols is 1. The van der Waals surface area contributed by atoms with Crippen LogP contribution in [-0.4, -0.2) is 50.9 Å². The second kappa shape index (κ2) is 12.7. The van der Waals surface area contributed by atoms with Gasteiger partial charge in [-0.25, -0.2) is 4.39 Å². The van der Waals surface area contributed by atoms with Crippen LogP contribution in [0, 0.1) is 29.5 Å². The Balaban J connectivity index is 1.32. The Bertz CT molecular complexity index is 2200. The van der Waals surface area contributed by atoms with Crippen molar-refractivity contribution in [3.05, 3.63) is 129 Å². The van der Waals surface area contributed by atoms with E-state index in [0.29, 0.717) is 26.2 Å². The average Bonchev–Trinajstić information content (AvgIpc) is 3.51. The third-order valence-corrected chi connectivity index (χ3v) is 11.7. The topological polar surface area (TPSA) is 147 Å². The average molecular weight is 785 g/mol. The van der Waals surface area contributed by atoms with Gasteiger partial charge in [0.2, 0.25) is 11.8 Å². The molecule has 10 nitrogen and oxygen atoms in total. The summed E-state index contributed by atoms with van der Waals surface area (Å²) in [6, 6.07) is 22.6. The van der Waals surface area contributed by atoms with Crippen molar-refractivity contribution in [2.75, 3.05) is 10.3 Å². The lowest BCUT2D eigenvalue weighted by Crippen LogP contribution is -2.53. The Morgan fingerprint density at radius 3 is 2.33 bits per heavy atom. The molecule has 2 aliphatic heterocycles. The number of carbonyl (C=O) groups is 4. The van der Waals surface area contributed by atoms with Gasteiger partial charge >= 0.3 is 7.12 Å². The van der Waals surface area contributed by atoms with E-state index in [1.165, 1.54) is 48.5 Å². The van der Waals surface area contributed by atoms with Crippen LogP contribution in [0.1, 0.15) is 29.9 Å². The highest BCUT2D eigenvalue weighted by Crippen LogP contribution is 2.65. The summed E-state index contributed by atoms with van der Waals surface area (Å²) in [5.41, 5.74) is 3.25. The van der Waals surface area contributed by atoms with E-state index in [1.807, 2.05) is 6.08 Å². The van der Waals surface area contributed by atoms with Crippen molar-refractivity contribution in [2.24, 2.45) is 23.7 Å². The first-order chi connectivity index (χ1) is 24.9. The highest BCUT2D eigenvalue weighted by molar-refractivity contribution is 9.10. The quantitative estimate of drug-likeness (QED) is 0.124. The van der Waals surface area contributed by atoms with Crippen LogP contribution in [0.2, 0.25) is 5.02 Å². The minimum atomic E-state index is -1.82. The molecule has 0 aromatic heterocycles. The maximum absolute atomic E-state index is 15.2. The van der Waals surface area contributed by atoms with Gasteiger partial charge in [0.15, 0.2) is 0 Å². The molecular weight excluding hydrogens is 756 g/mol. The van der Waals surface area contributed by atoms with E-state index in [-0.39, 0.29) is 35.4 Å². The second-order valence-electron chi connectivity index (χ2n) is 13.6. The minimum absolute atomic E-state index is 0.00924. The number of hydrazine groups is 1. The lowest BCUT2D eigenvalue weighted by atomic mass is 9.49. The molecule has 1 saturated carbocycles. The Morgan fingerprint density at radius 2 is 1.62 bits per heavy atom. The van der Waals surface area contributed by atoms with Crippen molar-refractivity contribution in [2.45, 2.75) is 24.2 Å². The first-order valence-corrected chi connectivity index (χ1v) is 17.8. The summed E-state index contributed by atoms with van der Waals surface area (Å²) in [4.78, 5) is 59.5. The minimum Gasteiger partial charge on any atom is -0.508 e. The summed E-state index contributed by atoms with van der Waals surface area (Å²) in [6.45, 7) is 0. The fourth-order valence-corrected chi connectivity index (χ4v) is 9.34. The molecule has 4 aromatic rings. The van der Waals surface area contributed by atoms with Gasteiger partial charge in [-0.05, 0) is 96.5 Å². The normalized spacial score (nSPS) is 26.6. The first kappa shape index (κ1) is 34.3. The molecule has 2 aliphatic carbocycles. The Morgan fingerprint density at radius 1 is 0.885 bits per heavy atom. The standard InChI is InChI=1S/C38H29BBrClFN3O7/c40-21-6-15-31(46)29(17-21)33-26-13-14-27-32(36(49)44(34(27)47)25-3-1-2-20(16-25)39(51)52)28(26)18-30-35(48)45(43-24-11-9-23(42)10-12-24)37(50)38(30,33)19-4-7-22(41)8-5-19/h1-13,15-17,27-28,30,32-33,43,46,51-52H,14,18H2. The van der Waals surface area contributed by atoms with E-state index < -0.39 is 71.6 Å². The monoisotopic (exact) mass is 783 g/mol. The summed E-state index contributed by atoms with van der Waals surface area (Å²) in [5.74, 6) is -7.31. The number of carbonyl (C=O) groups excluding carboxylic acids is 4. The summed E-state index contributed by atoms with van der Waals surface area (Å²) >= 11 is 9.85. The smallest absolute Gasteiger partial charge is 0.488 e. The molecule has 2 heterocycles. The largest absolute Gasteiger partial charge is 0.508 e. The molecule has 262 valence electrons. The maximum atomic E-state index is 15.2. The number of allylic oxidation sites excluding steroid dienone is 2. The lowest BCUT2D eigenvalue weighted by molar-refractivity contribution is -0.138. The molecule has 4 aromatic carbocycles. The number of hydrogen-bond donors (Lipinski definition) is 4. The van der Waals surface area contributed by atoms with Crippen molar-refractivity contribution in [3.63, 3.8) is 0 Å². The predicted octanol–water partition coefficient (Wildman–Crippen LogP) is 4.82. The van der Waals surface area contributed by atoms with Gasteiger partial charge in [-0.2, -0.15) is 5.01 Å². The van der Waals surface area contributed by atoms with Gasteiger partial charge in [0.25, 0.3) is 11.8 Å².